The van der Waals surface area contributed by atoms with Crippen LogP contribution in [-0.4, -0.2) is 24.6 Å². The third kappa shape index (κ3) is 7.61. The molecule has 0 unspecified atom stereocenters. The van der Waals surface area contributed by atoms with Crippen molar-refractivity contribution in [2.45, 2.75) is 46.5 Å². The standard InChI is InChI=1S/C11H23O3P/c1-4-6-8-15(13,9-7-5-2)10-14-11(3)12/h4-10H2,1-3H3. The summed E-state index contributed by atoms with van der Waals surface area (Å²) in [4.78, 5) is 10.7. The zero-order valence-electron chi connectivity index (χ0n) is 10.1. The summed E-state index contributed by atoms with van der Waals surface area (Å²) in [6, 6.07) is 0. The minimum atomic E-state index is -2.25. The van der Waals surface area contributed by atoms with E-state index in [1.165, 1.54) is 6.92 Å². The fourth-order valence-corrected chi connectivity index (χ4v) is 4.03. The number of unbranched alkanes of at least 4 members (excludes halogenated alkanes) is 2. The van der Waals surface area contributed by atoms with E-state index in [-0.39, 0.29) is 12.3 Å². The molecule has 0 aromatic rings. The molecule has 0 aromatic carbocycles. The molecule has 0 atom stereocenters. The van der Waals surface area contributed by atoms with Gasteiger partial charge in [0, 0.05) is 19.2 Å². The van der Waals surface area contributed by atoms with Crippen LogP contribution in [0.3, 0.4) is 0 Å². The van der Waals surface area contributed by atoms with Gasteiger partial charge in [-0.15, -0.1) is 0 Å². The van der Waals surface area contributed by atoms with E-state index in [1.807, 2.05) is 0 Å². The lowest BCUT2D eigenvalue weighted by Crippen LogP contribution is -2.07. The maximum Gasteiger partial charge on any atom is 0.303 e. The molecule has 3 nitrogen and oxygen atoms in total. The number of ether oxygens (including phenoxy) is 1. The van der Waals surface area contributed by atoms with Gasteiger partial charge in [-0.1, -0.05) is 26.7 Å². The van der Waals surface area contributed by atoms with Crippen LogP contribution >= 0.6 is 7.14 Å². The van der Waals surface area contributed by atoms with Crippen LogP contribution in [0.15, 0.2) is 0 Å². The van der Waals surface area contributed by atoms with Crippen molar-refractivity contribution >= 4 is 13.1 Å². The summed E-state index contributed by atoms with van der Waals surface area (Å²) in [6.45, 7) is 5.52. The van der Waals surface area contributed by atoms with Crippen LogP contribution in [0, 0.1) is 0 Å². The SMILES string of the molecule is CCCCP(=O)(CCCC)COC(C)=O. The third-order valence-electron chi connectivity index (χ3n) is 2.34. The number of carbonyl (C=O) groups excluding carboxylic acids is 1. The van der Waals surface area contributed by atoms with E-state index in [9.17, 15) is 9.36 Å². The summed E-state index contributed by atoms with van der Waals surface area (Å²) in [6.07, 6.45) is 5.58. The number of esters is 1. The molecule has 0 fully saturated rings. The van der Waals surface area contributed by atoms with Gasteiger partial charge in [-0.25, -0.2) is 0 Å². The van der Waals surface area contributed by atoms with Gasteiger partial charge in [0.15, 0.2) is 0 Å². The minimum Gasteiger partial charge on any atom is -0.458 e. The largest absolute Gasteiger partial charge is 0.458 e. The first-order valence-corrected chi connectivity index (χ1v) is 8.00. The Labute approximate surface area is 93.0 Å². The van der Waals surface area contributed by atoms with E-state index in [4.69, 9.17) is 4.74 Å². The first-order chi connectivity index (χ1) is 7.04. The van der Waals surface area contributed by atoms with E-state index in [2.05, 4.69) is 13.8 Å². The predicted octanol–water partition coefficient (Wildman–Crippen LogP) is 3.47. The van der Waals surface area contributed by atoms with Gasteiger partial charge in [0.05, 0.1) is 0 Å². The average molecular weight is 234 g/mol. The molecule has 0 aliphatic heterocycles. The molecule has 0 radical (unpaired) electrons. The van der Waals surface area contributed by atoms with Gasteiger partial charge in [-0.05, 0) is 12.8 Å². The molecule has 15 heavy (non-hydrogen) atoms. The molecule has 0 N–H and O–H groups in total. The highest BCUT2D eigenvalue weighted by molar-refractivity contribution is 7.63. The molecule has 0 aliphatic carbocycles. The Morgan fingerprint density at radius 1 is 1.13 bits per heavy atom. The van der Waals surface area contributed by atoms with Crippen LogP contribution in [0.25, 0.3) is 0 Å². The van der Waals surface area contributed by atoms with Gasteiger partial charge in [0.1, 0.15) is 13.5 Å². The Morgan fingerprint density at radius 3 is 1.93 bits per heavy atom. The van der Waals surface area contributed by atoms with E-state index >= 15 is 0 Å². The molecule has 0 saturated heterocycles. The Kier molecular flexibility index (Phi) is 7.76. The van der Waals surface area contributed by atoms with Crippen molar-refractivity contribution in [1.29, 1.82) is 0 Å². The summed E-state index contributed by atoms with van der Waals surface area (Å²) in [5.41, 5.74) is 0. The van der Waals surface area contributed by atoms with E-state index in [1.54, 1.807) is 0 Å². The molecular weight excluding hydrogens is 211 g/mol. The van der Waals surface area contributed by atoms with Gasteiger partial charge in [-0.2, -0.15) is 0 Å². The predicted molar refractivity (Wildman–Crippen MR) is 63.8 cm³/mol. The van der Waals surface area contributed by atoms with Crippen LogP contribution < -0.4 is 0 Å². The molecular formula is C11H23O3P. The Balaban J connectivity index is 4.13. The molecule has 0 aromatic heterocycles. The molecule has 90 valence electrons. The van der Waals surface area contributed by atoms with E-state index in [0.29, 0.717) is 0 Å². The summed E-state index contributed by atoms with van der Waals surface area (Å²) in [5.74, 6) is -0.330. The van der Waals surface area contributed by atoms with Crippen molar-refractivity contribution in [3.63, 3.8) is 0 Å². The number of hydrogen-bond acceptors (Lipinski definition) is 3. The van der Waals surface area contributed by atoms with Crippen LogP contribution in [0.1, 0.15) is 46.5 Å². The van der Waals surface area contributed by atoms with Gasteiger partial charge in [-0.3, -0.25) is 4.79 Å². The van der Waals surface area contributed by atoms with Crippen LogP contribution in [0.5, 0.6) is 0 Å². The first-order valence-electron chi connectivity index (χ1n) is 5.74. The molecule has 0 bridgehead atoms. The van der Waals surface area contributed by atoms with Crippen molar-refractivity contribution < 1.29 is 14.1 Å². The van der Waals surface area contributed by atoms with Gasteiger partial charge >= 0.3 is 5.97 Å². The maximum absolute atomic E-state index is 12.4. The van der Waals surface area contributed by atoms with Gasteiger partial charge in [0.2, 0.25) is 0 Å². The molecule has 0 amide bonds. The molecule has 4 heteroatoms. The summed E-state index contributed by atoms with van der Waals surface area (Å²) in [5, 5.41) is 0. The monoisotopic (exact) mass is 234 g/mol. The summed E-state index contributed by atoms with van der Waals surface area (Å²) < 4.78 is 17.3. The van der Waals surface area contributed by atoms with Crippen LogP contribution in [-0.2, 0) is 14.1 Å². The number of hydrogen-bond donors (Lipinski definition) is 0. The lowest BCUT2D eigenvalue weighted by molar-refractivity contribution is -0.139. The minimum absolute atomic E-state index is 0.141. The highest BCUT2D eigenvalue weighted by atomic mass is 31.2. The number of carbonyl (C=O) groups is 1. The first kappa shape index (κ1) is 14.7. The lowest BCUT2D eigenvalue weighted by atomic mass is 10.4. The lowest BCUT2D eigenvalue weighted by Gasteiger charge is -2.17. The van der Waals surface area contributed by atoms with Crippen LogP contribution in [0.4, 0.5) is 0 Å². The summed E-state index contributed by atoms with van der Waals surface area (Å²) in [7, 11) is -2.25. The van der Waals surface area contributed by atoms with Crippen molar-refractivity contribution in [2.24, 2.45) is 0 Å². The fraction of sp³-hybridized carbons (Fsp3) is 0.909. The molecule has 0 heterocycles. The summed E-state index contributed by atoms with van der Waals surface area (Å²) >= 11 is 0. The maximum atomic E-state index is 12.4. The molecule has 0 spiro atoms. The van der Waals surface area contributed by atoms with Crippen molar-refractivity contribution in [1.82, 2.24) is 0 Å². The van der Waals surface area contributed by atoms with E-state index in [0.717, 1.165) is 38.0 Å². The zero-order chi connectivity index (χ0) is 11.7. The second kappa shape index (κ2) is 7.92. The Hall–Kier alpha value is -0.300. The second-order valence-corrected chi connectivity index (χ2v) is 7.25. The number of rotatable bonds is 8. The molecule has 0 rings (SSSR count). The second-order valence-electron chi connectivity index (χ2n) is 3.98. The smallest absolute Gasteiger partial charge is 0.303 e. The Bertz CT molecular complexity index is 214. The molecule has 0 aliphatic rings. The average Bonchev–Trinajstić information content (AvgIpc) is 2.21. The van der Waals surface area contributed by atoms with Crippen LogP contribution in [0.2, 0.25) is 0 Å². The topological polar surface area (TPSA) is 43.4 Å². The normalized spacial score (nSPS) is 11.4. The fourth-order valence-electron chi connectivity index (χ4n) is 1.34. The third-order valence-corrected chi connectivity index (χ3v) is 5.20. The van der Waals surface area contributed by atoms with Gasteiger partial charge in [0.25, 0.3) is 0 Å². The highest BCUT2D eigenvalue weighted by Crippen LogP contribution is 2.47. The zero-order valence-corrected chi connectivity index (χ0v) is 11.0. The quantitative estimate of drug-likeness (QED) is 0.477. The van der Waals surface area contributed by atoms with Crippen molar-refractivity contribution in [3.8, 4) is 0 Å². The van der Waals surface area contributed by atoms with Crippen molar-refractivity contribution in [2.75, 3.05) is 18.7 Å². The van der Waals surface area contributed by atoms with Gasteiger partial charge < -0.3 is 9.30 Å². The van der Waals surface area contributed by atoms with Crippen molar-refractivity contribution in [3.05, 3.63) is 0 Å². The highest BCUT2D eigenvalue weighted by Gasteiger charge is 2.22. The van der Waals surface area contributed by atoms with E-state index < -0.39 is 7.14 Å². The Morgan fingerprint density at radius 2 is 1.60 bits per heavy atom. The molecule has 0 saturated carbocycles.